The van der Waals surface area contributed by atoms with Crippen molar-refractivity contribution in [2.24, 2.45) is 5.41 Å². The van der Waals surface area contributed by atoms with E-state index in [0.29, 0.717) is 11.5 Å². The molecule has 0 aromatic carbocycles. The second-order valence-electron chi connectivity index (χ2n) is 6.68. The van der Waals surface area contributed by atoms with Crippen LogP contribution < -0.4 is 5.32 Å². The molecule has 2 aromatic rings. The maximum atomic E-state index is 4.91. The molecule has 0 aliphatic heterocycles. The number of hydrogen-bond acceptors (Lipinski definition) is 5. The fourth-order valence-corrected chi connectivity index (χ4v) is 4.95. The van der Waals surface area contributed by atoms with Gasteiger partial charge in [-0.15, -0.1) is 22.7 Å². The van der Waals surface area contributed by atoms with Crippen LogP contribution >= 0.6 is 22.7 Å². The lowest BCUT2D eigenvalue weighted by atomic mass is 9.76. The zero-order valence-electron chi connectivity index (χ0n) is 13.2. The quantitative estimate of drug-likeness (QED) is 0.895. The number of rotatable bonds is 4. The summed E-state index contributed by atoms with van der Waals surface area (Å²) in [6.07, 6.45) is 3.44. The van der Waals surface area contributed by atoms with Crippen molar-refractivity contribution < 1.29 is 0 Å². The Balaban J connectivity index is 1.94. The van der Waals surface area contributed by atoms with Crippen molar-refractivity contribution in [1.29, 1.82) is 0 Å². The second kappa shape index (κ2) is 5.78. The van der Waals surface area contributed by atoms with Gasteiger partial charge in [-0.2, -0.15) is 0 Å². The van der Waals surface area contributed by atoms with E-state index in [4.69, 9.17) is 4.98 Å². The first-order valence-electron chi connectivity index (χ1n) is 7.64. The predicted molar refractivity (Wildman–Crippen MR) is 91.1 cm³/mol. The minimum atomic E-state index is 0.322. The standard InChI is InChI=1S/C16H23N3S2/c1-5-6-17-11-7-16(3,4)8-12-13(11)21-15(19-12)14-18-10(2)9-20-14/h9,11,17H,5-8H2,1-4H3. The number of hydrogen-bond donors (Lipinski definition) is 1. The summed E-state index contributed by atoms with van der Waals surface area (Å²) < 4.78 is 0. The van der Waals surface area contributed by atoms with E-state index in [1.807, 2.05) is 18.3 Å². The molecule has 5 heteroatoms. The minimum Gasteiger partial charge on any atom is -0.309 e. The van der Waals surface area contributed by atoms with Gasteiger partial charge < -0.3 is 5.32 Å². The minimum absolute atomic E-state index is 0.322. The van der Waals surface area contributed by atoms with Crippen LogP contribution in [0, 0.1) is 12.3 Å². The van der Waals surface area contributed by atoms with Crippen molar-refractivity contribution in [2.45, 2.75) is 53.0 Å². The molecule has 3 nitrogen and oxygen atoms in total. The fraction of sp³-hybridized carbons (Fsp3) is 0.625. The average Bonchev–Trinajstić information content (AvgIpc) is 3.00. The summed E-state index contributed by atoms with van der Waals surface area (Å²) in [5, 5.41) is 7.97. The van der Waals surface area contributed by atoms with Crippen LogP contribution in [0.2, 0.25) is 0 Å². The van der Waals surface area contributed by atoms with Gasteiger partial charge in [0.1, 0.15) is 0 Å². The Hall–Kier alpha value is -0.780. The maximum Gasteiger partial charge on any atom is 0.152 e. The molecule has 0 spiro atoms. The van der Waals surface area contributed by atoms with Gasteiger partial charge >= 0.3 is 0 Å². The highest BCUT2D eigenvalue weighted by Crippen LogP contribution is 2.45. The lowest BCUT2D eigenvalue weighted by Crippen LogP contribution is -2.33. The van der Waals surface area contributed by atoms with Crippen LogP contribution in [0.4, 0.5) is 0 Å². The van der Waals surface area contributed by atoms with Crippen molar-refractivity contribution in [3.8, 4) is 10.0 Å². The van der Waals surface area contributed by atoms with Gasteiger partial charge in [0, 0.05) is 22.0 Å². The summed E-state index contributed by atoms with van der Waals surface area (Å²) in [6.45, 7) is 10.0. The highest BCUT2D eigenvalue weighted by molar-refractivity contribution is 7.20. The van der Waals surface area contributed by atoms with E-state index in [1.54, 1.807) is 11.3 Å². The van der Waals surface area contributed by atoms with Gasteiger partial charge in [-0.3, -0.25) is 0 Å². The predicted octanol–water partition coefficient (Wildman–Crippen LogP) is 4.59. The van der Waals surface area contributed by atoms with Crippen LogP contribution in [-0.2, 0) is 6.42 Å². The first-order valence-corrected chi connectivity index (χ1v) is 9.33. The molecule has 3 rings (SSSR count). The molecular weight excluding hydrogens is 298 g/mol. The van der Waals surface area contributed by atoms with Gasteiger partial charge in [-0.05, 0) is 38.1 Å². The molecule has 0 saturated heterocycles. The number of thiazole rings is 2. The molecule has 114 valence electrons. The highest BCUT2D eigenvalue weighted by Gasteiger charge is 2.35. The van der Waals surface area contributed by atoms with E-state index in [-0.39, 0.29) is 0 Å². The lowest BCUT2D eigenvalue weighted by Gasteiger charge is -2.34. The fourth-order valence-electron chi connectivity index (χ4n) is 2.96. The average molecular weight is 322 g/mol. The molecule has 0 fully saturated rings. The third kappa shape index (κ3) is 3.20. The molecule has 1 atom stereocenters. The number of aryl methyl sites for hydroxylation is 1. The summed E-state index contributed by atoms with van der Waals surface area (Å²) in [7, 11) is 0. The Morgan fingerprint density at radius 3 is 2.81 bits per heavy atom. The monoisotopic (exact) mass is 321 g/mol. The Morgan fingerprint density at radius 2 is 2.14 bits per heavy atom. The first kappa shape index (κ1) is 15.1. The van der Waals surface area contributed by atoms with E-state index < -0.39 is 0 Å². The van der Waals surface area contributed by atoms with Gasteiger partial charge in [0.05, 0.1) is 5.69 Å². The Bertz CT molecular complexity index is 627. The molecule has 1 N–H and O–H groups in total. The van der Waals surface area contributed by atoms with E-state index >= 15 is 0 Å². The van der Waals surface area contributed by atoms with Crippen LogP contribution in [0.1, 0.15) is 55.9 Å². The maximum absolute atomic E-state index is 4.91. The molecule has 2 heterocycles. The SMILES string of the molecule is CCCNC1CC(C)(C)Cc2nc(-c3nc(C)cs3)sc21. The number of nitrogens with one attached hydrogen (secondary N) is 1. The molecule has 1 aliphatic carbocycles. The molecule has 2 aromatic heterocycles. The molecule has 1 unspecified atom stereocenters. The van der Waals surface area contributed by atoms with Crippen molar-refractivity contribution in [3.05, 3.63) is 21.6 Å². The molecule has 0 amide bonds. The summed E-state index contributed by atoms with van der Waals surface area (Å²) in [5.74, 6) is 0. The third-order valence-electron chi connectivity index (χ3n) is 3.89. The van der Waals surface area contributed by atoms with E-state index in [9.17, 15) is 0 Å². The van der Waals surface area contributed by atoms with Gasteiger partial charge in [-0.25, -0.2) is 9.97 Å². The Morgan fingerprint density at radius 1 is 1.33 bits per heavy atom. The van der Waals surface area contributed by atoms with Gasteiger partial charge in [-0.1, -0.05) is 20.8 Å². The lowest BCUT2D eigenvalue weighted by molar-refractivity contribution is 0.258. The van der Waals surface area contributed by atoms with E-state index in [2.05, 4.69) is 36.5 Å². The van der Waals surface area contributed by atoms with Crippen LogP contribution in [-0.4, -0.2) is 16.5 Å². The van der Waals surface area contributed by atoms with Gasteiger partial charge in [0.2, 0.25) is 0 Å². The zero-order chi connectivity index (χ0) is 15.0. The molecule has 0 saturated carbocycles. The summed E-state index contributed by atoms with van der Waals surface area (Å²) in [5.41, 5.74) is 2.69. The van der Waals surface area contributed by atoms with Crippen LogP contribution in [0.15, 0.2) is 5.38 Å². The Labute approximate surface area is 134 Å². The van der Waals surface area contributed by atoms with Crippen LogP contribution in [0.5, 0.6) is 0 Å². The number of nitrogens with zero attached hydrogens (tertiary/aromatic N) is 2. The van der Waals surface area contributed by atoms with E-state index in [1.165, 1.54) is 23.4 Å². The second-order valence-corrected chi connectivity index (χ2v) is 8.56. The molecule has 0 radical (unpaired) electrons. The van der Waals surface area contributed by atoms with Crippen molar-refractivity contribution in [3.63, 3.8) is 0 Å². The molecule has 21 heavy (non-hydrogen) atoms. The largest absolute Gasteiger partial charge is 0.309 e. The van der Waals surface area contributed by atoms with E-state index in [0.717, 1.165) is 28.7 Å². The van der Waals surface area contributed by atoms with Crippen molar-refractivity contribution >= 4 is 22.7 Å². The van der Waals surface area contributed by atoms with Crippen molar-refractivity contribution in [2.75, 3.05) is 6.54 Å². The summed E-state index contributed by atoms with van der Waals surface area (Å²) in [6, 6.07) is 0.455. The Kier molecular flexibility index (Phi) is 4.17. The molecular formula is C16H23N3S2. The number of fused-ring (bicyclic) bond motifs is 1. The van der Waals surface area contributed by atoms with Crippen LogP contribution in [0.25, 0.3) is 10.0 Å². The van der Waals surface area contributed by atoms with Gasteiger partial charge in [0.15, 0.2) is 10.0 Å². The third-order valence-corrected chi connectivity index (χ3v) is 6.20. The first-order chi connectivity index (χ1) is 9.98. The zero-order valence-corrected chi connectivity index (χ0v) is 14.8. The van der Waals surface area contributed by atoms with Crippen LogP contribution in [0.3, 0.4) is 0 Å². The van der Waals surface area contributed by atoms with Crippen molar-refractivity contribution in [1.82, 2.24) is 15.3 Å². The topological polar surface area (TPSA) is 37.8 Å². The normalized spacial score (nSPS) is 20.5. The smallest absolute Gasteiger partial charge is 0.152 e. The highest BCUT2D eigenvalue weighted by atomic mass is 32.1. The molecule has 0 bridgehead atoms. The number of aromatic nitrogens is 2. The summed E-state index contributed by atoms with van der Waals surface area (Å²) >= 11 is 3.54. The summed E-state index contributed by atoms with van der Waals surface area (Å²) in [4.78, 5) is 10.9. The molecule has 1 aliphatic rings. The van der Waals surface area contributed by atoms with Gasteiger partial charge in [0.25, 0.3) is 0 Å².